The van der Waals surface area contributed by atoms with Gasteiger partial charge in [-0.05, 0) is 37.3 Å². The Balaban J connectivity index is 1.85. The molecule has 0 bridgehead atoms. The minimum Gasteiger partial charge on any atom is -0.322 e. The van der Waals surface area contributed by atoms with Crippen molar-refractivity contribution in [3.05, 3.63) is 57.6 Å². The van der Waals surface area contributed by atoms with E-state index in [0.29, 0.717) is 22.3 Å². The Morgan fingerprint density at radius 1 is 1.26 bits per heavy atom. The van der Waals surface area contributed by atoms with Crippen molar-refractivity contribution >= 4 is 28.3 Å². The highest BCUT2D eigenvalue weighted by Crippen LogP contribution is 2.22. The van der Waals surface area contributed by atoms with Crippen molar-refractivity contribution in [2.75, 3.05) is 5.32 Å². The predicted octanol–water partition coefficient (Wildman–Crippen LogP) is 2.44. The van der Waals surface area contributed by atoms with Crippen LogP contribution in [0.4, 0.5) is 11.4 Å². The van der Waals surface area contributed by atoms with Crippen molar-refractivity contribution in [3.8, 4) is 0 Å². The van der Waals surface area contributed by atoms with Gasteiger partial charge in [-0.15, -0.1) is 5.10 Å². The molecule has 1 heterocycles. The Hall–Kier alpha value is -3.29. The molecule has 0 aliphatic heterocycles. The standard InChI is InChI=1S/C15H13N5O3/c1-9-7-11(4-6-13(9)20(22)23)16-15(21)10-3-5-14-12(8-10)17-18-19(14)2/h3-8H,1-2H3,(H,16,21). The van der Waals surface area contributed by atoms with Crippen LogP contribution < -0.4 is 5.32 Å². The summed E-state index contributed by atoms with van der Waals surface area (Å²) < 4.78 is 1.62. The number of aryl methyl sites for hydroxylation is 2. The summed E-state index contributed by atoms with van der Waals surface area (Å²) in [6, 6.07) is 9.54. The van der Waals surface area contributed by atoms with E-state index in [1.54, 1.807) is 42.9 Å². The van der Waals surface area contributed by atoms with Crippen molar-refractivity contribution in [2.24, 2.45) is 7.05 Å². The number of carbonyl (C=O) groups excluding carboxylic acids is 1. The Kier molecular flexibility index (Phi) is 3.49. The second kappa shape index (κ2) is 5.48. The first-order chi connectivity index (χ1) is 11.0. The van der Waals surface area contributed by atoms with Crippen LogP contribution in [0.15, 0.2) is 36.4 Å². The molecule has 0 atom stereocenters. The van der Waals surface area contributed by atoms with Crippen LogP contribution in [0.25, 0.3) is 11.0 Å². The topological polar surface area (TPSA) is 103 Å². The van der Waals surface area contributed by atoms with Crippen LogP contribution in [-0.4, -0.2) is 25.8 Å². The molecule has 0 aliphatic carbocycles. The number of benzene rings is 2. The molecule has 1 aromatic heterocycles. The second-order valence-corrected chi connectivity index (χ2v) is 5.13. The van der Waals surface area contributed by atoms with Crippen LogP contribution in [0.5, 0.6) is 0 Å². The Bertz CT molecular complexity index is 932. The molecule has 0 aliphatic rings. The minimum absolute atomic E-state index is 0.0176. The lowest BCUT2D eigenvalue weighted by atomic mass is 10.1. The fraction of sp³-hybridized carbons (Fsp3) is 0.133. The maximum absolute atomic E-state index is 12.3. The van der Waals surface area contributed by atoms with Gasteiger partial charge in [0.15, 0.2) is 0 Å². The van der Waals surface area contributed by atoms with Crippen molar-refractivity contribution in [3.63, 3.8) is 0 Å². The van der Waals surface area contributed by atoms with Crippen molar-refractivity contribution < 1.29 is 9.72 Å². The summed E-state index contributed by atoms with van der Waals surface area (Å²) in [5, 5.41) is 21.4. The van der Waals surface area contributed by atoms with Crippen LogP contribution in [0, 0.1) is 17.0 Å². The highest BCUT2D eigenvalue weighted by atomic mass is 16.6. The summed E-state index contributed by atoms with van der Waals surface area (Å²) in [6.45, 7) is 1.62. The van der Waals surface area contributed by atoms with Crippen LogP contribution in [-0.2, 0) is 7.05 Å². The molecule has 1 amide bonds. The van der Waals surface area contributed by atoms with E-state index in [2.05, 4.69) is 15.6 Å². The van der Waals surface area contributed by atoms with Crippen molar-refractivity contribution in [1.82, 2.24) is 15.0 Å². The van der Waals surface area contributed by atoms with Gasteiger partial charge in [0.1, 0.15) is 5.52 Å². The summed E-state index contributed by atoms with van der Waals surface area (Å²) in [5.74, 6) is -0.314. The van der Waals surface area contributed by atoms with Gasteiger partial charge in [0, 0.05) is 29.9 Å². The minimum atomic E-state index is -0.455. The Morgan fingerprint density at radius 3 is 2.74 bits per heavy atom. The van der Waals surface area contributed by atoms with E-state index in [9.17, 15) is 14.9 Å². The first kappa shape index (κ1) is 14.6. The highest BCUT2D eigenvalue weighted by molar-refractivity contribution is 6.06. The van der Waals surface area contributed by atoms with Crippen LogP contribution >= 0.6 is 0 Å². The van der Waals surface area contributed by atoms with E-state index in [1.807, 2.05) is 0 Å². The van der Waals surface area contributed by atoms with Crippen LogP contribution in [0.2, 0.25) is 0 Å². The normalized spacial score (nSPS) is 10.7. The Labute approximate surface area is 130 Å². The van der Waals surface area contributed by atoms with Crippen molar-refractivity contribution in [1.29, 1.82) is 0 Å². The Morgan fingerprint density at radius 2 is 2.04 bits per heavy atom. The summed E-state index contributed by atoms with van der Waals surface area (Å²) >= 11 is 0. The third-order valence-corrected chi connectivity index (χ3v) is 3.52. The number of hydrogen-bond donors (Lipinski definition) is 1. The van der Waals surface area contributed by atoms with E-state index in [-0.39, 0.29) is 11.6 Å². The fourth-order valence-electron chi connectivity index (χ4n) is 2.32. The molecule has 0 saturated carbocycles. The number of rotatable bonds is 3. The maximum Gasteiger partial charge on any atom is 0.272 e. The zero-order valence-corrected chi connectivity index (χ0v) is 12.5. The number of nitro benzene ring substituents is 1. The SMILES string of the molecule is Cc1cc(NC(=O)c2ccc3c(c2)nnn3C)ccc1[N+](=O)[O-]. The second-order valence-electron chi connectivity index (χ2n) is 5.13. The maximum atomic E-state index is 12.3. The predicted molar refractivity (Wildman–Crippen MR) is 84.3 cm³/mol. The number of nitrogens with one attached hydrogen (secondary N) is 1. The summed E-state index contributed by atoms with van der Waals surface area (Å²) in [6.07, 6.45) is 0. The van der Waals surface area contributed by atoms with Crippen LogP contribution in [0.1, 0.15) is 15.9 Å². The van der Waals surface area contributed by atoms with E-state index >= 15 is 0 Å². The number of amides is 1. The van der Waals surface area contributed by atoms with Gasteiger partial charge in [-0.3, -0.25) is 14.9 Å². The molecule has 0 fully saturated rings. The van der Waals surface area contributed by atoms with Gasteiger partial charge in [-0.1, -0.05) is 5.21 Å². The number of hydrogen-bond acceptors (Lipinski definition) is 5. The molecular weight excluding hydrogens is 298 g/mol. The van der Waals surface area contributed by atoms with Gasteiger partial charge in [0.25, 0.3) is 11.6 Å². The monoisotopic (exact) mass is 311 g/mol. The molecule has 3 rings (SSSR count). The lowest BCUT2D eigenvalue weighted by molar-refractivity contribution is -0.385. The molecule has 0 radical (unpaired) electrons. The van der Waals surface area contributed by atoms with Gasteiger partial charge in [0.2, 0.25) is 0 Å². The van der Waals surface area contributed by atoms with Gasteiger partial charge in [-0.25, -0.2) is 4.68 Å². The number of anilines is 1. The zero-order chi connectivity index (χ0) is 16.6. The summed E-state index contributed by atoms with van der Waals surface area (Å²) in [4.78, 5) is 22.6. The molecule has 8 heteroatoms. The summed E-state index contributed by atoms with van der Waals surface area (Å²) in [5.41, 5.74) is 2.89. The molecule has 3 aromatic rings. The number of carbonyl (C=O) groups is 1. The lowest BCUT2D eigenvalue weighted by Crippen LogP contribution is -2.12. The smallest absolute Gasteiger partial charge is 0.272 e. The number of aromatic nitrogens is 3. The first-order valence-electron chi connectivity index (χ1n) is 6.81. The van der Waals surface area contributed by atoms with E-state index in [1.165, 1.54) is 12.1 Å². The van der Waals surface area contributed by atoms with E-state index in [0.717, 1.165) is 5.52 Å². The molecular formula is C15H13N5O3. The first-order valence-corrected chi connectivity index (χ1v) is 6.81. The molecule has 116 valence electrons. The highest BCUT2D eigenvalue weighted by Gasteiger charge is 2.13. The molecule has 0 unspecified atom stereocenters. The average Bonchev–Trinajstić information content (AvgIpc) is 2.88. The van der Waals surface area contributed by atoms with E-state index < -0.39 is 4.92 Å². The molecule has 0 saturated heterocycles. The largest absolute Gasteiger partial charge is 0.322 e. The molecule has 2 aromatic carbocycles. The molecule has 1 N–H and O–H groups in total. The average molecular weight is 311 g/mol. The van der Waals surface area contributed by atoms with Gasteiger partial charge >= 0.3 is 0 Å². The molecule has 0 spiro atoms. The third-order valence-electron chi connectivity index (χ3n) is 3.52. The molecule has 8 nitrogen and oxygen atoms in total. The third kappa shape index (κ3) is 2.73. The number of nitrogens with zero attached hydrogens (tertiary/aromatic N) is 4. The molecule has 23 heavy (non-hydrogen) atoms. The zero-order valence-electron chi connectivity index (χ0n) is 12.5. The number of nitro groups is 1. The van der Waals surface area contributed by atoms with Gasteiger partial charge in [0.05, 0.1) is 10.4 Å². The van der Waals surface area contributed by atoms with Crippen LogP contribution in [0.3, 0.4) is 0 Å². The fourth-order valence-corrected chi connectivity index (χ4v) is 2.32. The van der Waals surface area contributed by atoms with Crippen molar-refractivity contribution in [2.45, 2.75) is 6.92 Å². The van der Waals surface area contributed by atoms with E-state index in [4.69, 9.17) is 0 Å². The van der Waals surface area contributed by atoms with Gasteiger partial charge in [-0.2, -0.15) is 0 Å². The van der Waals surface area contributed by atoms with Gasteiger partial charge < -0.3 is 5.32 Å². The number of fused-ring (bicyclic) bond motifs is 1. The lowest BCUT2D eigenvalue weighted by Gasteiger charge is -2.06. The summed E-state index contributed by atoms with van der Waals surface area (Å²) in [7, 11) is 1.77. The quantitative estimate of drug-likeness (QED) is 0.591.